The maximum atomic E-state index is 11.7. The Labute approximate surface area is 120 Å². The molecule has 2 N–H and O–H groups in total. The van der Waals surface area contributed by atoms with E-state index in [0.29, 0.717) is 6.54 Å². The number of nitrogens with one attached hydrogen (secondary N) is 2. The number of carbonyl (C=O) groups is 2. The van der Waals surface area contributed by atoms with Crippen molar-refractivity contribution in [2.45, 2.75) is 26.4 Å². The third-order valence-corrected chi connectivity index (χ3v) is 2.61. The highest BCUT2D eigenvalue weighted by atomic mass is 16.6. The molecule has 0 aliphatic rings. The lowest BCUT2D eigenvalue weighted by Gasteiger charge is -2.13. The summed E-state index contributed by atoms with van der Waals surface area (Å²) in [6.45, 7) is 3.28. The van der Waals surface area contributed by atoms with E-state index in [1.807, 2.05) is 0 Å². The molecule has 0 bridgehead atoms. The fourth-order valence-corrected chi connectivity index (χ4v) is 1.58. The van der Waals surface area contributed by atoms with Crippen LogP contribution in [0.25, 0.3) is 0 Å². The molecule has 0 spiro atoms. The van der Waals surface area contributed by atoms with Gasteiger partial charge in [0.25, 0.3) is 11.2 Å². The molecule has 1 aromatic rings. The van der Waals surface area contributed by atoms with Crippen LogP contribution in [0.5, 0.6) is 0 Å². The summed E-state index contributed by atoms with van der Waals surface area (Å²) >= 11 is 0. The highest BCUT2D eigenvalue weighted by molar-refractivity contribution is 5.87. The fourth-order valence-electron chi connectivity index (χ4n) is 1.58. The van der Waals surface area contributed by atoms with Crippen LogP contribution in [0, 0.1) is 10.1 Å². The Morgan fingerprint density at radius 1 is 1.43 bits per heavy atom. The molecule has 2 amide bonds. The fraction of sp³-hybridized carbons (Fsp3) is 0.417. The largest absolute Gasteiger partial charge is 0.355 e. The van der Waals surface area contributed by atoms with Gasteiger partial charge < -0.3 is 10.6 Å². The van der Waals surface area contributed by atoms with Crippen molar-refractivity contribution in [3.63, 3.8) is 0 Å². The average molecular weight is 296 g/mol. The van der Waals surface area contributed by atoms with Crippen molar-refractivity contribution in [3.05, 3.63) is 38.8 Å². The smallest absolute Gasteiger partial charge is 0.285 e. The van der Waals surface area contributed by atoms with E-state index in [2.05, 4.69) is 10.6 Å². The molecular weight excluding hydrogens is 280 g/mol. The summed E-state index contributed by atoms with van der Waals surface area (Å²) in [6.07, 6.45) is 0.985. The van der Waals surface area contributed by atoms with Gasteiger partial charge in [-0.05, 0) is 13.8 Å². The van der Waals surface area contributed by atoms with Crippen molar-refractivity contribution < 1.29 is 14.5 Å². The zero-order chi connectivity index (χ0) is 16.0. The first kappa shape index (κ1) is 16.3. The van der Waals surface area contributed by atoms with Gasteiger partial charge in [0.2, 0.25) is 11.8 Å². The van der Waals surface area contributed by atoms with Crippen molar-refractivity contribution in [2.24, 2.45) is 0 Å². The van der Waals surface area contributed by atoms with Crippen molar-refractivity contribution in [1.82, 2.24) is 15.2 Å². The highest BCUT2D eigenvalue weighted by Crippen LogP contribution is 2.06. The van der Waals surface area contributed by atoms with Gasteiger partial charge in [-0.1, -0.05) is 0 Å². The van der Waals surface area contributed by atoms with E-state index in [-0.39, 0.29) is 11.6 Å². The summed E-state index contributed by atoms with van der Waals surface area (Å²) in [5.74, 6) is -0.936. The quantitative estimate of drug-likeness (QED) is 0.536. The Morgan fingerprint density at radius 2 is 2.10 bits per heavy atom. The molecule has 0 fully saturated rings. The number of amides is 2. The van der Waals surface area contributed by atoms with E-state index in [4.69, 9.17) is 0 Å². The van der Waals surface area contributed by atoms with Gasteiger partial charge in [-0.15, -0.1) is 0 Å². The monoisotopic (exact) mass is 296 g/mol. The van der Waals surface area contributed by atoms with E-state index in [9.17, 15) is 24.5 Å². The Kier molecular flexibility index (Phi) is 5.58. The maximum absolute atomic E-state index is 11.7. The molecular formula is C12H16N4O5. The Balaban J connectivity index is 2.75. The van der Waals surface area contributed by atoms with Gasteiger partial charge in [0.15, 0.2) is 0 Å². The molecule has 1 rings (SSSR count). The lowest BCUT2D eigenvalue weighted by atomic mass is 10.3. The number of pyridine rings is 1. The highest BCUT2D eigenvalue weighted by Gasteiger charge is 2.16. The zero-order valence-corrected chi connectivity index (χ0v) is 11.7. The van der Waals surface area contributed by atoms with Gasteiger partial charge in [0.05, 0.1) is 11.1 Å². The SMILES string of the molecule is CCNC(=O)[C@@H](C)NC(=O)Cn1cc([N+](=O)[O-])ccc1=O. The Morgan fingerprint density at radius 3 is 2.67 bits per heavy atom. The second-order valence-corrected chi connectivity index (χ2v) is 4.29. The molecule has 21 heavy (non-hydrogen) atoms. The molecule has 0 aliphatic carbocycles. The number of likely N-dealkylation sites (N-methyl/N-ethyl adjacent to an activating group) is 1. The third kappa shape index (κ3) is 4.71. The van der Waals surface area contributed by atoms with Crippen LogP contribution in [0.3, 0.4) is 0 Å². The van der Waals surface area contributed by atoms with Gasteiger partial charge in [-0.25, -0.2) is 0 Å². The van der Waals surface area contributed by atoms with Gasteiger partial charge in [-0.2, -0.15) is 0 Å². The van der Waals surface area contributed by atoms with Crippen LogP contribution >= 0.6 is 0 Å². The summed E-state index contributed by atoms with van der Waals surface area (Å²) in [4.78, 5) is 44.7. The summed E-state index contributed by atoms with van der Waals surface area (Å²) < 4.78 is 0.915. The van der Waals surface area contributed by atoms with Crippen molar-refractivity contribution in [1.29, 1.82) is 0 Å². The van der Waals surface area contributed by atoms with Gasteiger partial charge >= 0.3 is 0 Å². The molecule has 9 heteroatoms. The van der Waals surface area contributed by atoms with E-state index < -0.39 is 29.0 Å². The number of rotatable bonds is 6. The minimum atomic E-state index is -0.758. The van der Waals surface area contributed by atoms with Gasteiger partial charge in [0.1, 0.15) is 12.6 Å². The second-order valence-electron chi connectivity index (χ2n) is 4.29. The first-order valence-corrected chi connectivity index (χ1v) is 6.27. The van der Waals surface area contributed by atoms with E-state index in [0.717, 1.165) is 22.9 Å². The van der Waals surface area contributed by atoms with E-state index in [1.165, 1.54) is 6.92 Å². The molecule has 0 aromatic carbocycles. The van der Waals surface area contributed by atoms with Crippen molar-refractivity contribution >= 4 is 17.5 Å². The number of hydrogen-bond acceptors (Lipinski definition) is 5. The molecule has 0 unspecified atom stereocenters. The normalized spacial score (nSPS) is 11.5. The minimum Gasteiger partial charge on any atom is -0.355 e. The molecule has 0 aliphatic heterocycles. The van der Waals surface area contributed by atoms with Crippen LogP contribution in [0.15, 0.2) is 23.1 Å². The Bertz CT molecular complexity index is 610. The number of carbonyl (C=O) groups excluding carboxylic acids is 2. The summed E-state index contributed by atoms with van der Waals surface area (Å²) in [5.41, 5.74) is -0.833. The lowest BCUT2D eigenvalue weighted by molar-refractivity contribution is -0.385. The Hall–Kier alpha value is -2.71. The van der Waals surface area contributed by atoms with Crippen LogP contribution in [-0.4, -0.2) is 33.9 Å². The second kappa shape index (κ2) is 7.17. The van der Waals surface area contributed by atoms with Crippen molar-refractivity contribution in [2.75, 3.05) is 6.54 Å². The molecule has 0 saturated carbocycles. The molecule has 1 atom stereocenters. The van der Waals surface area contributed by atoms with Crippen molar-refractivity contribution in [3.8, 4) is 0 Å². The van der Waals surface area contributed by atoms with Crippen LogP contribution in [-0.2, 0) is 16.1 Å². The molecule has 9 nitrogen and oxygen atoms in total. The standard InChI is InChI=1S/C12H16N4O5/c1-3-13-12(19)8(2)14-10(17)7-15-6-9(16(20)21)4-5-11(15)18/h4-6,8H,3,7H2,1-2H3,(H,13,19)(H,14,17)/t8-/m1/s1. The molecule has 114 valence electrons. The van der Waals surface area contributed by atoms with Crippen LogP contribution in [0.2, 0.25) is 0 Å². The third-order valence-electron chi connectivity index (χ3n) is 2.61. The topological polar surface area (TPSA) is 123 Å². The first-order valence-electron chi connectivity index (χ1n) is 6.27. The maximum Gasteiger partial charge on any atom is 0.285 e. The molecule has 1 heterocycles. The predicted octanol–water partition coefficient (Wildman–Crippen LogP) is -0.603. The van der Waals surface area contributed by atoms with Gasteiger partial charge in [0, 0.05) is 18.7 Å². The summed E-state index contributed by atoms with van der Waals surface area (Å²) in [6, 6.07) is 1.32. The zero-order valence-electron chi connectivity index (χ0n) is 11.7. The average Bonchev–Trinajstić information content (AvgIpc) is 2.41. The molecule has 0 saturated heterocycles. The van der Waals surface area contributed by atoms with Crippen LogP contribution in [0.4, 0.5) is 5.69 Å². The summed E-state index contributed by atoms with van der Waals surface area (Å²) in [5, 5.41) is 15.6. The first-order chi connectivity index (χ1) is 9.85. The van der Waals surface area contributed by atoms with Crippen LogP contribution < -0.4 is 16.2 Å². The predicted molar refractivity (Wildman–Crippen MR) is 73.6 cm³/mol. The molecule has 0 radical (unpaired) electrons. The summed E-state index contributed by atoms with van der Waals surface area (Å²) in [7, 11) is 0. The number of nitrogens with zero attached hydrogens (tertiary/aromatic N) is 2. The van der Waals surface area contributed by atoms with Crippen LogP contribution in [0.1, 0.15) is 13.8 Å². The number of hydrogen-bond donors (Lipinski definition) is 2. The van der Waals surface area contributed by atoms with E-state index >= 15 is 0 Å². The number of aromatic nitrogens is 1. The molecule has 1 aromatic heterocycles. The minimum absolute atomic E-state index is 0.292. The van der Waals surface area contributed by atoms with E-state index in [1.54, 1.807) is 6.92 Å². The lowest BCUT2D eigenvalue weighted by Crippen LogP contribution is -2.46. The van der Waals surface area contributed by atoms with Gasteiger partial charge in [-0.3, -0.25) is 29.1 Å². The number of nitro groups is 1.